The van der Waals surface area contributed by atoms with Gasteiger partial charge in [0.2, 0.25) is 11.8 Å². The predicted octanol–water partition coefficient (Wildman–Crippen LogP) is 4.27. The highest BCUT2D eigenvalue weighted by Gasteiger charge is 2.20. The monoisotopic (exact) mass is 353 g/mol. The number of benzene rings is 2. The normalized spacial score (nSPS) is 10.8. The van der Waals surface area contributed by atoms with E-state index in [4.69, 9.17) is 4.42 Å². The third-order valence-electron chi connectivity index (χ3n) is 3.57. The van der Waals surface area contributed by atoms with E-state index >= 15 is 0 Å². The Morgan fingerprint density at radius 1 is 1.04 bits per heavy atom. The number of carbonyl (C=O) groups excluding carboxylic acids is 1. The van der Waals surface area contributed by atoms with Crippen molar-refractivity contribution in [2.24, 2.45) is 0 Å². The van der Waals surface area contributed by atoms with Crippen LogP contribution < -0.4 is 4.90 Å². The lowest BCUT2D eigenvalue weighted by atomic mass is 10.2. The Morgan fingerprint density at radius 2 is 1.68 bits per heavy atom. The summed E-state index contributed by atoms with van der Waals surface area (Å²) in [4.78, 5) is 14.4. The molecule has 1 aromatic heterocycles. The Kier molecular flexibility index (Phi) is 5.50. The van der Waals surface area contributed by atoms with E-state index in [0.717, 1.165) is 11.3 Å². The first kappa shape index (κ1) is 17.2. The molecule has 0 aliphatic heterocycles. The standard InChI is InChI=1S/C19H19N3O2S/c1-14(2)22(16-11-7-4-8-12-16)17(23)13-25-19-21-20-18(24-19)15-9-5-3-6-10-15/h3-12,14H,13H2,1-2H3. The lowest BCUT2D eigenvalue weighted by Gasteiger charge is -2.26. The lowest BCUT2D eigenvalue weighted by Crippen LogP contribution is -2.38. The van der Waals surface area contributed by atoms with Gasteiger partial charge in [0, 0.05) is 17.3 Å². The Labute approximate surface area is 151 Å². The van der Waals surface area contributed by atoms with E-state index in [1.807, 2.05) is 74.5 Å². The highest BCUT2D eigenvalue weighted by molar-refractivity contribution is 7.99. The van der Waals surface area contributed by atoms with E-state index in [1.165, 1.54) is 11.8 Å². The zero-order valence-corrected chi connectivity index (χ0v) is 14.9. The number of nitrogens with zero attached hydrogens (tertiary/aromatic N) is 3. The summed E-state index contributed by atoms with van der Waals surface area (Å²) in [7, 11) is 0. The van der Waals surface area contributed by atoms with Crippen LogP contribution in [0.2, 0.25) is 0 Å². The minimum Gasteiger partial charge on any atom is -0.411 e. The summed E-state index contributed by atoms with van der Waals surface area (Å²) in [5.41, 5.74) is 1.75. The smallest absolute Gasteiger partial charge is 0.277 e. The largest absolute Gasteiger partial charge is 0.411 e. The van der Waals surface area contributed by atoms with E-state index in [-0.39, 0.29) is 17.7 Å². The minimum atomic E-state index is 0.00524. The molecule has 128 valence electrons. The fourth-order valence-electron chi connectivity index (χ4n) is 2.48. The highest BCUT2D eigenvalue weighted by Crippen LogP contribution is 2.24. The summed E-state index contributed by atoms with van der Waals surface area (Å²) in [5.74, 6) is 0.703. The molecule has 0 unspecified atom stereocenters. The average Bonchev–Trinajstić information content (AvgIpc) is 3.10. The minimum absolute atomic E-state index is 0.00524. The third-order valence-corrected chi connectivity index (χ3v) is 4.37. The zero-order valence-electron chi connectivity index (χ0n) is 14.1. The van der Waals surface area contributed by atoms with Gasteiger partial charge in [-0.25, -0.2) is 0 Å². The summed E-state index contributed by atoms with van der Waals surface area (Å²) < 4.78 is 5.64. The van der Waals surface area contributed by atoms with Crippen LogP contribution in [0.4, 0.5) is 5.69 Å². The molecule has 0 radical (unpaired) electrons. The zero-order chi connectivity index (χ0) is 17.6. The molecule has 2 aromatic carbocycles. The molecule has 0 spiro atoms. The maximum atomic E-state index is 12.7. The summed E-state index contributed by atoms with van der Waals surface area (Å²) in [5, 5.41) is 8.45. The number of rotatable bonds is 6. The van der Waals surface area contributed by atoms with Gasteiger partial charge in [-0.15, -0.1) is 10.2 Å². The van der Waals surface area contributed by atoms with Crippen molar-refractivity contribution >= 4 is 23.4 Å². The van der Waals surface area contributed by atoms with Gasteiger partial charge in [-0.3, -0.25) is 4.79 Å². The number of anilines is 1. The fraction of sp³-hybridized carbons (Fsp3) is 0.211. The van der Waals surface area contributed by atoms with Gasteiger partial charge in [0.25, 0.3) is 5.22 Å². The molecule has 3 rings (SSSR count). The summed E-state index contributed by atoms with van der Waals surface area (Å²) >= 11 is 1.25. The van der Waals surface area contributed by atoms with Gasteiger partial charge in [-0.1, -0.05) is 48.2 Å². The molecule has 0 aliphatic carbocycles. The number of hydrogen-bond acceptors (Lipinski definition) is 5. The Balaban J connectivity index is 1.66. The SMILES string of the molecule is CC(C)N(C(=O)CSc1nnc(-c2ccccc2)o1)c1ccccc1. The molecular weight excluding hydrogens is 334 g/mol. The third kappa shape index (κ3) is 4.28. The van der Waals surface area contributed by atoms with Crippen LogP contribution in [0, 0.1) is 0 Å². The molecule has 0 saturated carbocycles. The first-order valence-electron chi connectivity index (χ1n) is 8.04. The van der Waals surface area contributed by atoms with Gasteiger partial charge in [-0.05, 0) is 38.1 Å². The van der Waals surface area contributed by atoms with Crippen molar-refractivity contribution in [1.29, 1.82) is 0 Å². The van der Waals surface area contributed by atoms with Crippen LogP contribution in [0.15, 0.2) is 70.3 Å². The Morgan fingerprint density at radius 3 is 2.32 bits per heavy atom. The maximum absolute atomic E-state index is 12.7. The first-order chi connectivity index (χ1) is 12.1. The number of amides is 1. The van der Waals surface area contributed by atoms with E-state index in [9.17, 15) is 4.79 Å². The topological polar surface area (TPSA) is 59.2 Å². The Bertz CT molecular complexity index is 819. The van der Waals surface area contributed by atoms with Crippen LogP contribution in [0.3, 0.4) is 0 Å². The molecule has 3 aromatic rings. The van der Waals surface area contributed by atoms with Crippen LogP contribution in [0.5, 0.6) is 0 Å². The van der Waals surface area contributed by atoms with E-state index in [1.54, 1.807) is 4.90 Å². The molecule has 0 aliphatic rings. The number of para-hydroxylation sites is 1. The van der Waals surface area contributed by atoms with Crippen molar-refractivity contribution in [3.63, 3.8) is 0 Å². The second-order valence-electron chi connectivity index (χ2n) is 5.72. The molecule has 0 fully saturated rings. The second-order valence-corrected chi connectivity index (χ2v) is 6.65. The van der Waals surface area contributed by atoms with E-state index < -0.39 is 0 Å². The fourth-order valence-corrected chi connectivity index (χ4v) is 3.10. The van der Waals surface area contributed by atoms with Crippen LogP contribution in [-0.4, -0.2) is 27.9 Å². The van der Waals surface area contributed by atoms with E-state index in [2.05, 4.69) is 10.2 Å². The van der Waals surface area contributed by atoms with Crippen molar-refractivity contribution in [2.75, 3.05) is 10.7 Å². The molecule has 5 nitrogen and oxygen atoms in total. The molecule has 6 heteroatoms. The summed E-state index contributed by atoms with van der Waals surface area (Å²) in [6.45, 7) is 3.99. The van der Waals surface area contributed by atoms with Gasteiger partial charge in [0.05, 0.1) is 5.75 Å². The van der Waals surface area contributed by atoms with Gasteiger partial charge in [0.15, 0.2) is 0 Å². The highest BCUT2D eigenvalue weighted by atomic mass is 32.2. The van der Waals surface area contributed by atoms with Crippen LogP contribution in [-0.2, 0) is 4.79 Å². The van der Waals surface area contributed by atoms with Crippen molar-refractivity contribution in [3.8, 4) is 11.5 Å². The second kappa shape index (κ2) is 7.98. The van der Waals surface area contributed by atoms with Gasteiger partial charge in [0.1, 0.15) is 0 Å². The van der Waals surface area contributed by atoms with Gasteiger partial charge < -0.3 is 9.32 Å². The Hall–Kier alpha value is -2.60. The lowest BCUT2D eigenvalue weighted by molar-refractivity contribution is -0.116. The van der Waals surface area contributed by atoms with Crippen LogP contribution in [0.25, 0.3) is 11.5 Å². The molecule has 0 saturated heterocycles. The number of hydrogen-bond donors (Lipinski definition) is 0. The van der Waals surface area contributed by atoms with Crippen molar-refractivity contribution in [2.45, 2.75) is 25.1 Å². The van der Waals surface area contributed by atoms with Crippen LogP contribution in [0.1, 0.15) is 13.8 Å². The van der Waals surface area contributed by atoms with Gasteiger partial charge >= 0.3 is 0 Å². The number of aromatic nitrogens is 2. The molecule has 0 atom stereocenters. The first-order valence-corrected chi connectivity index (χ1v) is 9.02. The number of carbonyl (C=O) groups is 1. The predicted molar refractivity (Wildman–Crippen MR) is 99.5 cm³/mol. The molecule has 1 amide bonds. The molecule has 0 N–H and O–H groups in total. The number of thioether (sulfide) groups is 1. The molecule has 0 bridgehead atoms. The van der Waals surface area contributed by atoms with Crippen LogP contribution >= 0.6 is 11.8 Å². The van der Waals surface area contributed by atoms with Crippen molar-refractivity contribution in [1.82, 2.24) is 10.2 Å². The summed E-state index contributed by atoms with van der Waals surface area (Å²) in [6, 6.07) is 19.3. The molecular formula is C19H19N3O2S. The molecule has 25 heavy (non-hydrogen) atoms. The van der Waals surface area contributed by atoms with Crippen molar-refractivity contribution in [3.05, 3.63) is 60.7 Å². The maximum Gasteiger partial charge on any atom is 0.277 e. The quantitative estimate of drug-likeness (QED) is 0.619. The average molecular weight is 353 g/mol. The van der Waals surface area contributed by atoms with Gasteiger partial charge in [-0.2, -0.15) is 0 Å². The molecule has 1 heterocycles. The van der Waals surface area contributed by atoms with Crippen molar-refractivity contribution < 1.29 is 9.21 Å². The summed E-state index contributed by atoms with van der Waals surface area (Å²) in [6.07, 6.45) is 0. The van der Waals surface area contributed by atoms with E-state index in [0.29, 0.717) is 11.1 Å².